The summed E-state index contributed by atoms with van der Waals surface area (Å²) in [5.41, 5.74) is 2.39. The third-order valence-corrected chi connectivity index (χ3v) is 2.94. The zero-order chi connectivity index (χ0) is 13.8. The molecule has 0 saturated carbocycles. The van der Waals surface area contributed by atoms with Gasteiger partial charge in [0.2, 0.25) is 0 Å². The summed E-state index contributed by atoms with van der Waals surface area (Å²) < 4.78 is 4.49. The van der Waals surface area contributed by atoms with Crippen molar-refractivity contribution in [2.45, 2.75) is 13.0 Å². The third-order valence-electron chi connectivity index (χ3n) is 2.94. The Balaban J connectivity index is 2.19. The lowest BCUT2D eigenvalue weighted by Crippen LogP contribution is -2.35. The van der Waals surface area contributed by atoms with Crippen LogP contribution in [-0.2, 0) is 22.5 Å². The van der Waals surface area contributed by atoms with Gasteiger partial charge in [0.15, 0.2) is 0 Å². The first-order chi connectivity index (χ1) is 9.10. The maximum absolute atomic E-state index is 11.0. The van der Waals surface area contributed by atoms with Crippen molar-refractivity contribution >= 4 is 18.1 Å². The van der Waals surface area contributed by atoms with E-state index in [2.05, 4.69) is 9.72 Å². The summed E-state index contributed by atoms with van der Waals surface area (Å²) in [6.45, 7) is 0.770. The Kier molecular flexibility index (Phi) is 3.79. The van der Waals surface area contributed by atoms with Crippen LogP contribution in [0.3, 0.4) is 0 Å². The predicted octanol–water partition coefficient (Wildman–Crippen LogP) is 1.30. The molecule has 19 heavy (non-hydrogen) atoms. The van der Waals surface area contributed by atoms with Gasteiger partial charge in [-0.3, -0.25) is 4.98 Å². The highest BCUT2D eigenvalue weighted by Gasteiger charge is 2.20. The highest BCUT2D eigenvalue weighted by atomic mass is 16.5. The minimum absolute atomic E-state index is 0.282. The van der Waals surface area contributed by atoms with Crippen LogP contribution in [0.25, 0.3) is 6.08 Å². The number of methoxy groups -OCH3 is 1. The smallest absolute Gasteiger partial charge is 0.407 e. The van der Waals surface area contributed by atoms with Gasteiger partial charge >= 0.3 is 12.1 Å². The molecule has 1 aromatic rings. The van der Waals surface area contributed by atoms with E-state index in [1.54, 1.807) is 12.1 Å². The van der Waals surface area contributed by atoms with Gasteiger partial charge in [-0.15, -0.1) is 0 Å². The lowest BCUT2D eigenvalue weighted by atomic mass is 10.0. The Morgan fingerprint density at radius 2 is 2.26 bits per heavy atom. The van der Waals surface area contributed by atoms with E-state index < -0.39 is 12.1 Å². The topological polar surface area (TPSA) is 79.7 Å². The number of hydrogen-bond acceptors (Lipinski definition) is 4. The number of nitrogens with zero attached hydrogens (tertiary/aromatic N) is 2. The van der Waals surface area contributed by atoms with Crippen LogP contribution in [0.4, 0.5) is 4.79 Å². The first-order valence-electron chi connectivity index (χ1n) is 5.83. The molecule has 1 aromatic heterocycles. The summed E-state index contributed by atoms with van der Waals surface area (Å²) in [7, 11) is 1.30. The number of rotatable bonds is 2. The van der Waals surface area contributed by atoms with Crippen LogP contribution in [0, 0.1) is 0 Å². The molecule has 1 aliphatic rings. The molecule has 1 N–H and O–H groups in total. The maximum Gasteiger partial charge on any atom is 0.407 e. The molecule has 100 valence electrons. The molecule has 2 rings (SSSR count). The maximum atomic E-state index is 11.0. The minimum atomic E-state index is -0.942. The number of carbonyl (C=O) groups is 2. The minimum Gasteiger partial charge on any atom is -0.466 e. The fourth-order valence-corrected chi connectivity index (χ4v) is 1.90. The Morgan fingerprint density at radius 3 is 2.95 bits per heavy atom. The summed E-state index contributed by atoms with van der Waals surface area (Å²) in [4.78, 5) is 27.6. The Morgan fingerprint density at radius 1 is 1.47 bits per heavy atom. The van der Waals surface area contributed by atoms with Gasteiger partial charge < -0.3 is 14.7 Å². The Bertz CT molecular complexity index is 539. The van der Waals surface area contributed by atoms with Crippen molar-refractivity contribution < 1.29 is 19.4 Å². The van der Waals surface area contributed by atoms with Crippen molar-refractivity contribution in [2.75, 3.05) is 13.7 Å². The number of ether oxygens (including phenoxy) is 1. The van der Waals surface area contributed by atoms with Crippen molar-refractivity contribution in [3.05, 3.63) is 35.2 Å². The van der Waals surface area contributed by atoms with Crippen molar-refractivity contribution in [1.82, 2.24) is 9.88 Å². The summed E-state index contributed by atoms with van der Waals surface area (Å²) in [6, 6.07) is 3.72. The number of esters is 1. The molecule has 0 atom stereocenters. The number of amides is 1. The zero-order valence-corrected chi connectivity index (χ0v) is 10.5. The molecule has 0 aromatic carbocycles. The number of fused-ring (bicyclic) bond motifs is 1. The van der Waals surface area contributed by atoms with Crippen LogP contribution in [0.15, 0.2) is 18.2 Å². The van der Waals surface area contributed by atoms with E-state index in [4.69, 9.17) is 5.11 Å². The normalized spacial score (nSPS) is 14.3. The lowest BCUT2D eigenvalue weighted by molar-refractivity contribution is -0.134. The highest BCUT2D eigenvalue weighted by molar-refractivity contribution is 5.86. The van der Waals surface area contributed by atoms with Crippen LogP contribution >= 0.6 is 0 Å². The quantitative estimate of drug-likeness (QED) is 0.642. The average molecular weight is 262 g/mol. The van der Waals surface area contributed by atoms with Crippen LogP contribution < -0.4 is 0 Å². The second-order valence-electron chi connectivity index (χ2n) is 4.15. The molecule has 6 heteroatoms. The van der Waals surface area contributed by atoms with Crippen molar-refractivity contribution in [2.24, 2.45) is 0 Å². The molecule has 0 radical (unpaired) electrons. The SMILES string of the molecule is COC(=O)/C=C/c1ccc2c(n1)CN(C(=O)O)CC2. The van der Waals surface area contributed by atoms with Gasteiger partial charge in [0.05, 0.1) is 25.0 Å². The number of aromatic nitrogens is 1. The van der Waals surface area contributed by atoms with Crippen molar-refractivity contribution in [3.63, 3.8) is 0 Å². The molecule has 0 spiro atoms. The monoisotopic (exact) mass is 262 g/mol. The number of hydrogen-bond donors (Lipinski definition) is 1. The summed E-state index contributed by atoms with van der Waals surface area (Å²) in [6.07, 6.45) is 2.55. The fraction of sp³-hybridized carbons (Fsp3) is 0.308. The van der Waals surface area contributed by atoms with E-state index in [1.165, 1.54) is 18.1 Å². The first kappa shape index (κ1) is 13.1. The molecule has 1 amide bonds. The van der Waals surface area contributed by atoms with Gasteiger partial charge in [0.1, 0.15) is 0 Å². The van der Waals surface area contributed by atoms with E-state index in [1.807, 2.05) is 6.07 Å². The molecule has 1 aliphatic heterocycles. The van der Waals surface area contributed by atoms with Crippen LogP contribution in [0.5, 0.6) is 0 Å². The van der Waals surface area contributed by atoms with Gasteiger partial charge in [0, 0.05) is 12.6 Å². The van der Waals surface area contributed by atoms with Crippen LogP contribution in [-0.4, -0.2) is 40.7 Å². The molecular weight excluding hydrogens is 248 g/mol. The molecule has 0 saturated heterocycles. The summed E-state index contributed by atoms with van der Waals surface area (Å²) in [5, 5.41) is 8.96. The van der Waals surface area contributed by atoms with E-state index >= 15 is 0 Å². The number of carbonyl (C=O) groups excluding carboxylic acids is 1. The third kappa shape index (κ3) is 3.09. The standard InChI is InChI=1S/C13H14N2O4/c1-19-12(16)5-4-10-3-2-9-6-7-15(13(17)18)8-11(9)14-10/h2-5H,6-8H2,1H3,(H,17,18)/b5-4+. The van der Waals surface area contributed by atoms with Crippen LogP contribution in [0.2, 0.25) is 0 Å². The van der Waals surface area contributed by atoms with Crippen molar-refractivity contribution in [1.29, 1.82) is 0 Å². The molecule has 2 heterocycles. The van der Waals surface area contributed by atoms with Crippen molar-refractivity contribution in [3.8, 4) is 0 Å². The second-order valence-corrected chi connectivity index (χ2v) is 4.15. The zero-order valence-electron chi connectivity index (χ0n) is 10.5. The predicted molar refractivity (Wildman–Crippen MR) is 67.4 cm³/mol. The molecule has 6 nitrogen and oxygen atoms in total. The molecule has 0 aliphatic carbocycles. The van der Waals surface area contributed by atoms with E-state index in [-0.39, 0.29) is 6.54 Å². The second kappa shape index (κ2) is 5.51. The number of carboxylic acid groups (broad SMARTS) is 1. The van der Waals surface area contributed by atoms with Gasteiger partial charge in [-0.1, -0.05) is 6.07 Å². The molecular formula is C13H14N2O4. The van der Waals surface area contributed by atoms with Gasteiger partial charge in [-0.25, -0.2) is 9.59 Å². The Labute approximate surface area is 110 Å². The first-order valence-corrected chi connectivity index (χ1v) is 5.83. The van der Waals surface area contributed by atoms with Gasteiger partial charge in [-0.05, 0) is 24.1 Å². The molecule has 0 fully saturated rings. The summed E-state index contributed by atoms with van der Waals surface area (Å²) >= 11 is 0. The molecule has 0 unspecified atom stereocenters. The largest absolute Gasteiger partial charge is 0.466 e. The van der Waals surface area contributed by atoms with E-state index in [9.17, 15) is 9.59 Å². The highest BCUT2D eigenvalue weighted by Crippen LogP contribution is 2.18. The summed E-state index contributed by atoms with van der Waals surface area (Å²) in [5.74, 6) is -0.452. The van der Waals surface area contributed by atoms with E-state index in [0.717, 1.165) is 11.3 Å². The average Bonchev–Trinajstić information content (AvgIpc) is 2.43. The van der Waals surface area contributed by atoms with Gasteiger partial charge in [-0.2, -0.15) is 0 Å². The molecule has 0 bridgehead atoms. The fourth-order valence-electron chi connectivity index (χ4n) is 1.90. The van der Waals surface area contributed by atoms with Crippen LogP contribution in [0.1, 0.15) is 17.0 Å². The Hall–Kier alpha value is -2.37. The van der Waals surface area contributed by atoms with Gasteiger partial charge in [0.25, 0.3) is 0 Å². The lowest BCUT2D eigenvalue weighted by Gasteiger charge is -2.25. The number of pyridine rings is 1. The van der Waals surface area contributed by atoms with E-state index in [0.29, 0.717) is 18.7 Å².